The maximum absolute atomic E-state index is 12.7. The van der Waals surface area contributed by atoms with Crippen LogP contribution in [0.2, 0.25) is 0 Å². The van der Waals surface area contributed by atoms with Gasteiger partial charge in [0.1, 0.15) is 4.21 Å². The summed E-state index contributed by atoms with van der Waals surface area (Å²) in [4.78, 5) is 13.1. The molecule has 2 fully saturated rings. The minimum atomic E-state index is -3.40. The third-order valence-corrected chi connectivity index (χ3v) is 8.44. The van der Waals surface area contributed by atoms with Crippen LogP contribution in [0.3, 0.4) is 0 Å². The fraction of sp³-hybridized carbons (Fsp3) is 0.706. The van der Waals surface area contributed by atoms with Crippen LogP contribution >= 0.6 is 11.3 Å². The fourth-order valence-corrected chi connectivity index (χ4v) is 6.51. The molecule has 2 aliphatic heterocycles. The van der Waals surface area contributed by atoms with Gasteiger partial charge in [0.2, 0.25) is 5.91 Å². The summed E-state index contributed by atoms with van der Waals surface area (Å²) >= 11 is 1.22. The average molecular weight is 386 g/mol. The second-order valence-electron chi connectivity index (χ2n) is 6.92. The number of sulfonamides is 1. The van der Waals surface area contributed by atoms with E-state index in [2.05, 4.69) is 17.6 Å². The van der Waals surface area contributed by atoms with Gasteiger partial charge in [-0.25, -0.2) is 8.42 Å². The number of carbonyl (C=O) groups is 1. The van der Waals surface area contributed by atoms with Crippen LogP contribution in [0, 0.1) is 0 Å². The Hall–Kier alpha value is -0.960. The minimum absolute atomic E-state index is 0.0377. The highest BCUT2D eigenvalue weighted by molar-refractivity contribution is 7.91. The highest BCUT2D eigenvalue weighted by Crippen LogP contribution is 2.27. The molecule has 2 saturated heterocycles. The lowest BCUT2D eigenvalue weighted by molar-refractivity contribution is -0.121. The van der Waals surface area contributed by atoms with Gasteiger partial charge in [-0.1, -0.05) is 6.42 Å². The highest BCUT2D eigenvalue weighted by atomic mass is 32.2. The Morgan fingerprint density at radius 2 is 2.04 bits per heavy atom. The predicted octanol–water partition coefficient (Wildman–Crippen LogP) is 1.72. The van der Waals surface area contributed by atoms with E-state index in [1.165, 1.54) is 11.3 Å². The van der Waals surface area contributed by atoms with Crippen LogP contribution in [-0.2, 0) is 21.2 Å². The Morgan fingerprint density at radius 3 is 2.76 bits per heavy atom. The van der Waals surface area contributed by atoms with Crippen molar-refractivity contribution < 1.29 is 13.2 Å². The summed E-state index contributed by atoms with van der Waals surface area (Å²) < 4.78 is 27.3. The largest absolute Gasteiger partial charge is 0.352 e. The van der Waals surface area contributed by atoms with Gasteiger partial charge in [-0.05, 0) is 51.3 Å². The summed E-state index contributed by atoms with van der Waals surface area (Å²) in [6.07, 6.45) is 5.23. The second-order valence-corrected chi connectivity index (χ2v) is 10.3. The lowest BCUT2D eigenvalue weighted by atomic mass is 10.00. The van der Waals surface area contributed by atoms with Crippen molar-refractivity contribution in [1.82, 2.24) is 14.9 Å². The van der Waals surface area contributed by atoms with E-state index in [0.717, 1.165) is 43.5 Å². The molecule has 0 spiro atoms. The molecule has 6 nitrogen and oxygen atoms in total. The number of thiophene rings is 1. The van der Waals surface area contributed by atoms with Crippen molar-refractivity contribution >= 4 is 27.3 Å². The molecule has 2 N–H and O–H groups in total. The zero-order valence-electron chi connectivity index (χ0n) is 14.7. The summed E-state index contributed by atoms with van der Waals surface area (Å²) in [5.41, 5.74) is 0. The molecular weight excluding hydrogens is 358 g/mol. The topological polar surface area (TPSA) is 78.5 Å². The molecule has 25 heavy (non-hydrogen) atoms. The van der Waals surface area contributed by atoms with Crippen LogP contribution in [0.1, 0.15) is 43.9 Å². The first kappa shape index (κ1) is 18.8. The fourth-order valence-electron chi connectivity index (χ4n) is 3.48. The van der Waals surface area contributed by atoms with Crippen molar-refractivity contribution in [2.24, 2.45) is 0 Å². The molecule has 0 aliphatic carbocycles. The molecule has 0 saturated carbocycles. The first-order valence-corrected chi connectivity index (χ1v) is 11.3. The molecule has 2 atom stereocenters. The Kier molecular flexibility index (Phi) is 6.14. The zero-order valence-corrected chi connectivity index (χ0v) is 16.3. The van der Waals surface area contributed by atoms with Gasteiger partial charge in [0.05, 0.1) is 6.42 Å². The van der Waals surface area contributed by atoms with Crippen molar-refractivity contribution in [2.45, 2.75) is 61.7 Å². The van der Waals surface area contributed by atoms with Crippen LogP contribution in [0.5, 0.6) is 0 Å². The Morgan fingerprint density at radius 1 is 1.28 bits per heavy atom. The SMILES string of the molecule is CC1NCCCC1NC(=O)Cc1ccc(S(=O)(=O)N2CCCCC2)s1. The van der Waals surface area contributed by atoms with Gasteiger partial charge in [0.15, 0.2) is 0 Å². The van der Waals surface area contributed by atoms with E-state index in [-0.39, 0.29) is 24.4 Å². The van der Waals surface area contributed by atoms with Gasteiger partial charge in [-0.2, -0.15) is 4.31 Å². The monoisotopic (exact) mass is 385 g/mol. The maximum Gasteiger partial charge on any atom is 0.252 e. The summed E-state index contributed by atoms with van der Waals surface area (Å²) in [6, 6.07) is 3.83. The van der Waals surface area contributed by atoms with E-state index in [0.29, 0.717) is 17.3 Å². The van der Waals surface area contributed by atoms with Crippen LogP contribution in [-0.4, -0.2) is 50.3 Å². The van der Waals surface area contributed by atoms with Gasteiger partial charge < -0.3 is 10.6 Å². The third-order valence-electron chi connectivity index (χ3n) is 4.99. The Bertz CT molecular complexity index is 696. The molecule has 3 rings (SSSR count). The van der Waals surface area contributed by atoms with Crippen LogP contribution in [0.15, 0.2) is 16.3 Å². The van der Waals surface area contributed by atoms with E-state index in [4.69, 9.17) is 0 Å². The number of carbonyl (C=O) groups excluding carboxylic acids is 1. The van der Waals surface area contributed by atoms with Gasteiger partial charge in [0.25, 0.3) is 10.0 Å². The smallest absolute Gasteiger partial charge is 0.252 e. The number of piperidine rings is 2. The highest BCUT2D eigenvalue weighted by Gasteiger charge is 2.28. The van der Waals surface area contributed by atoms with Gasteiger partial charge in [-0.3, -0.25) is 4.79 Å². The molecule has 0 bridgehead atoms. The molecule has 8 heteroatoms. The average Bonchev–Trinajstić information content (AvgIpc) is 3.07. The van der Waals surface area contributed by atoms with Crippen molar-refractivity contribution in [3.63, 3.8) is 0 Å². The van der Waals surface area contributed by atoms with Crippen molar-refractivity contribution in [2.75, 3.05) is 19.6 Å². The lowest BCUT2D eigenvalue weighted by Crippen LogP contribution is -2.52. The quantitative estimate of drug-likeness (QED) is 0.809. The van der Waals surface area contributed by atoms with Crippen molar-refractivity contribution in [3.8, 4) is 0 Å². The Labute approximate surface area is 154 Å². The number of hydrogen-bond acceptors (Lipinski definition) is 5. The molecule has 2 aliphatic rings. The lowest BCUT2D eigenvalue weighted by Gasteiger charge is -2.30. The number of nitrogens with zero attached hydrogens (tertiary/aromatic N) is 1. The van der Waals surface area contributed by atoms with E-state index in [9.17, 15) is 13.2 Å². The van der Waals surface area contributed by atoms with Crippen LogP contribution in [0.25, 0.3) is 0 Å². The molecule has 0 aromatic carbocycles. The number of hydrogen-bond donors (Lipinski definition) is 2. The summed E-state index contributed by atoms with van der Waals surface area (Å²) in [5.74, 6) is -0.0377. The molecule has 140 valence electrons. The molecular formula is C17H27N3O3S2. The molecule has 1 aromatic heterocycles. The van der Waals surface area contributed by atoms with Crippen molar-refractivity contribution in [1.29, 1.82) is 0 Å². The van der Waals surface area contributed by atoms with Gasteiger partial charge in [-0.15, -0.1) is 11.3 Å². The summed E-state index contributed by atoms with van der Waals surface area (Å²) in [5, 5.41) is 6.44. The normalized spacial score (nSPS) is 25.6. The number of rotatable bonds is 5. The first-order valence-electron chi connectivity index (χ1n) is 9.08. The number of nitrogens with one attached hydrogen (secondary N) is 2. The second kappa shape index (κ2) is 8.16. The molecule has 1 aromatic rings. The first-order chi connectivity index (χ1) is 12.0. The van der Waals surface area contributed by atoms with Crippen LogP contribution in [0.4, 0.5) is 0 Å². The van der Waals surface area contributed by atoms with Crippen molar-refractivity contribution in [3.05, 3.63) is 17.0 Å². The summed E-state index contributed by atoms with van der Waals surface area (Å²) in [7, 11) is -3.40. The molecule has 3 heterocycles. The number of amides is 1. The van der Waals surface area contributed by atoms with Crippen LogP contribution < -0.4 is 10.6 Å². The molecule has 0 radical (unpaired) electrons. The van der Waals surface area contributed by atoms with E-state index < -0.39 is 10.0 Å². The third kappa shape index (κ3) is 4.61. The van der Waals surface area contributed by atoms with Gasteiger partial charge in [0, 0.05) is 30.1 Å². The van der Waals surface area contributed by atoms with E-state index >= 15 is 0 Å². The standard InChI is InChI=1S/C17H27N3O3S2/c1-13-15(6-5-9-18-13)19-16(21)12-14-7-8-17(24-14)25(22,23)20-10-3-2-4-11-20/h7-8,13,15,18H,2-6,9-12H2,1H3,(H,19,21). The molecule has 1 amide bonds. The Balaban J connectivity index is 1.60. The maximum atomic E-state index is 12.7. The van der Waals surface area contributed by atoms with Gasteiger partial charge >= 0.3 is 0 Å². The van der Waals surface area contributed by atoms with E-state index in [1.807, 2.05) is 0 Å². The zero-order chi connectivity index (χ0) is 17.9. The minimum Gasteiger partial charge on any atom is -0.352 e. The van der Waals surface area contributed by atoms with E-state index in [1.54, 1.807) is 16.4 Å². The molecule has 2 unspecified atom stereocenters. The predicted molar refractivity (Wildman–Crippen MR) is 99.3 cm³/mol. The summed E-state index contributed by atoms with van der Waals surface area (Å²) in [6.45, 7) is 4.28.